The average Bonchev–Trinajstić information content (AvgIpc) is 3.03. The van der Waals surface area contributed by atoms with Crippen molar-refractivity contribution in [2.24, 2.45) is 5.92 Å². The number of nitrogens with one attached hydrogen (secondary N) is 1. The zero-order valence-corrected chi connectivity index (χ0v) is 15.2. The Morgan fingerprint density at radius 3 is 2.92 bits per heavy atom. The number of likely N-dealkylation sites (N-methyl/N-ethyl adjacent to an activating group) is 1. The number of ketones is 1. The predicted octanol–water partition coefficient (Wildman–Crippen LogP) is 1.42. The lowest BCUT2D eigenvalue weighted by molar-refractivity contribution is -0.139. The Hall–Kier alpha value is -2.95. The Balaban J connectivity index is 1.83. The Bertz CT molecular complexity index is 883. The first kappa shape index (κ1) is 17.9. The largest absolute Gasteiger partial charge is 0.354 e. The summed E-state index contributed by atoms with van der Waals surface area (Å²) in [6.07, 6.45) is 5.15. The molecule has 1 aliphatic heterocycles. The van der Waals surface area contributed by atoms with Crippen molar-refractivity contribution in [3.63, 3.8) is 0 Å². The van der Waals surface area contributed by atoms with Crippen LogP contribution in [0, 0.1) is 24.2 Å². The first-order chi connectivity index (χ1) is 12.4. The Labute approximate surface area is 151 Å². The van der Waals surface area contributed by atoms with Crippen molar-refractivity contribution in [1.29, 1.82) is 5.26 Å². The summed E-state index contributed by atoms with van der Waals surface area (Å²) in [6, 6.07) is 1.88. The molecule has 1 fully saturated rings. The molecule has 2 aromatic heterocycles. The first-order valence-corrected chi connectivity index (χ1v) is 8.64. The van der Waals surface area contributed by atoms with Crippen LogP contribution in [-0.2, 0) is 9.59 Å². The van der Waals surface area contributed by atoms with E-state index in [1.54, 1.807) is 4.90 Å². The average molecular weight is 354 g/mol. The minimum Gasteiger partial charge on any atom is -0.354 e. The van der Waals surface area contributed by atoms with E-state index >= 15 is 0 Å². The maximum Gasteiger partial charge on any atom is 0.247 e. The van der Waals surface area contributed by atoms with Crippen LogP contribution in [0.3, 0.4) is 0 Å². The quantitative estimate of drug-likeness (QED) is 0.833. The normalized spacial score (nSPS) is 18.4. The van der Waals surface area contributed by atoms with Crippen LogP contribution >= 0.6 is 0 Å². The van der Waals surface area contributed by atoms with Crippen molar-refractivity contribution < 1.29 is 9.59 Å². The molecule has 0 aliphatic carbocycles. The molecule has 1 aliphatic rings. The molecule has 26 heavy (non-hydrogen) atoms. The molecule has 1 amide bonds. The second kappa shape index (κ2) is 7.12. The Kier molecular flexibility index (Phi) is 4.89. The molecule has 2 aromatic rings. The summed E-state index contributed by atoms with van der Waals surface area (Å²) in [5.41, 5.74) is 1.84. The monoisotopic (exact) mass is 354 g/mol. The van der Waals surface area contributed by atoms with Crippen LogP contribution < -0.4 is 4.90 Å². The third-order valence-corrected chi connectivity index (χ3v) is 5.02. The number of nitrogens with zero attached hydrogens (tertiary/aromatic N) is 5. The standard InChI is InChI=1S/C18H22N6O2/c1-11-8-20-16-15(11)17(22-10-21-16)23(3)13-5-4-6-24(9-13)18(26)14(7-19)12(2)25/h8,10,13-14H,4-6,9H2,1-3H3,(H,20,21,22). The maximum absolute atomic E-state index is 12.5. The van der Waals surface area contributed by atoms with Crippen molar-refractivity contribution in [2.45, 2.75) is 32.7 Å². The van der Waals surface area contributed by atoms with E-state index in [1.165, 1.54) is 13.3 Å². The smallest absolute Gasteiger partial charge is 0.247 e. The third-order valence-electron chi connectivity index (χ3n) is 5.02. The highest BCUT2D eigenvalue weighted by Gasteiger charge is 2.33. The summed E-state index contributed by atoms with van der Waals surface area (Å²) in [5.74, 6) is -1.20. The number of rotatable bonds is 4. The number of carbonyl (C=O) groups excluding carboxylic acids is 2. The van der Waals surface area contributed by atoms with Gasteiger partial charge in [-0.2, -0.15) is 5.26 Å². The molecule has 8 nitrogen and oxygen atoms in total. The number of nitriles is 1. The number of amides is 1. The zero-order valence-electron chi connectivity index (χ0n) is 15.2. The second-order valence-electron chi connectivity index (χ2n) is 6.76. The number of fused-ring (bicyclic) bond motifs is 1. The highest BCUT2D eigenvalue weighted by molar-refractivity contribution is 6.02. The summed E-state index contributed by atoms with van der Waals surface area (Å²) in [7, 11) is 1.96. The molecule has 0 spiro atoms. The molecule has 8 heteroatoms. The van der Waals surface area contributed by atoms with Gasteiger partial charge in [0.2, 0.25) is 5.91 Å². The van der Waals surface area contributed by atoms with E-state index in [-0.39, 0.29) is 6.04 Å². The first-order valence-electron chi connectivity index (χ1n) is 8.64. The molecular formula is C18H22N6O2. The SMILES string of the molecule is CC(=O)C(C#N)C(=O)N1CCCC(N(C)c2ncnc3[nH]cc(C)c23)C1. The Morgan fingerprint density at radius 2 is 2.23 bits per heavy atom. The molecule has 0 saturated carbocycles. The van der Waals surface area contributed by atoms with Crippen LogP contribution in [0.4, 0.5) is 5.82 Å². The fraction of sp³-hybridized carbons (Fsp3) is 0.500. The second-order valence-corrected chi connectivity index (χ2v) is 6.76. The van der Waals surface area contributed by atoms with Crippen LogP contribution in [0.2, 0.25) is 0 Å². The number of Topliss-reactive ketones (excluding diaryl/α,β-unsaturated/α-hetero) is 1. The van der Waals surface area contributed by atoms with Gasteiger partial charge < -0.3 is 14.8 Å². The molecule has 3 rings (SSSR count). The van der Waals surface area contributed by atoms with E-state index in [9.17, 15) is 9.59 Å². The fourth-order valence-corrected chi connectivity index (χ4v) is 3.51. The van der Waals surface area contributed by atoms with Crippen molar-refractivity contribution in [1.82, 2.24) is 19.9 Å². The number of aromatic amines is 1. The van der Waals surface area contributed by atoms with Gasteiger partial charge in [-0.05, 0) is 32.3 Å². The highest BCUT2D eigenvalue weighted by atomic mass is 16.2. The Morgan fingerprint density at radius 1 is 1.46 bits per heavy atom. The lowest BCUT2D eigenvalue weighted by Crippen LogP contribution is -2.51. The third kappa shape index (κ3) is 3.12. The van der Waals surface area contributed by atoms with Gasteiger partial charge in [0.05, 0.1) is 11.5 Å². The molecule has 3 heterocycles. The summed E-state index contributed by atoms with van der Waals surface area (Å²) < 4.78 is 0. The lowest BCUT2D eigenvalue weighted by Gasteiger charge is -2.38. The van der Waals surface area contributed by atoms with Crippen molar-refractivity contribution >= 4 is 28.5 Å². The van der Waals surface area contributed by atoms with Crippen molar-refractivity contribution in [3.8, 4) is 6.07 Å². The molecule has 136 valence electrons. The molecule has 2 atom stereocenters. The highest BCUT2D eigenvalue weighted by Crippen LogP contribution is 2.28. The van der Waals surface area contributed by atoms with Crippen molar-refractivity contribution in [3.05, 3.63) is 18.1 Å². The number of anilines is 1. The number of carbonyl (C=O) groups is 2. The number of likely N-dealkylation sites (tertiary alicyclic amines) is 1. The van der Waals surface area contributed by atoms with E-state index in [0.717, 1.165) is 35.3 Å². The van der Waals surface area contributed by atoms with E-state index in [2.05, 4.69) is 19.9 Å². The predicted molar refractivity (Wildman–Crippen MR) is 96.4 cm³/mol. The number of piperidine rings is 1. The summed E-state index contributed by atoms with van der Waals surface area (Å²) in [5, 5.41) is 10.1. The van der Waals surface area contributed by atoms with Gasteiger partial charge in [-0.3, -0.25) is 9.59 Å². The van der Waals surface area contributed by atoms with Crippen molar-refractivity contribution in [2.75, 3.05) is 25.0 Å². The topological polar surface area (TPSA) is 106 Å². The van der Waals surface area contributed by atoms with Gasteiger partial charge in [-0.1, -0.05) is 0 Å². The minimum atomic E-state index is -1.21. The zero-order chi connectivity index (χ0) is 18.8. The summed E-state index contributed by atoms with van der Waals surface area (Å²) in [6.45, 7) is 4.32. The maximum atomic E-state index is 12.5. The van der Waals surface area contributed by atoms with Gasteiger partial charge in [0, 0.05) is 32.4 Å². The van der Waals surface area contributed by atoms with Gasteiger partial charge in [0.15, 0.2) is 11.7 Å². The van der Waals surface area contributed by atoms with E-state index in [4.69, 9.17) is 5.26 Å². The van der Waals surface area contributed by atoms with E-state index in [0.29, 0.717) is 13.1 Å². The molecule has 1 saturated heterocycles. The van der Waals surface area contributed by atoms with Gasteiger partial charge in [0.1, 0.15) is 17.8 Å². The van der Waals surface area contributed by atoms with Crippen LogP contribution in [-0.4, -0.2) is 57.7 Å². The van der Waals surface area contributed by atoms with Crippen LogP contribution in [0.15, 0.2) is 12.5 Å². The molecule has 1 N–H and O–H groups in total. The number of aryl methyl sites for hydroxylation is 1. The number of aromatic nitrogens is 3. The number of hydrogen-bond donors (Lipinski definition) is 1. The van der Waals surface area contributed by atoms with E-state index < -0.39 is 17.6 Å². The van der Waals surface area contributed by atoms with Crippen LogP contribution in [0.1, 0.15) is 25.3 Å². The van der Waals surface area contributed by atoms with E-state index in [1.807, 2.05) is 26.2 Å². The molecule has 0 radical (unpaired) electrons. The lowest BCUT2D eigenvalue weighted by atomic mass is 10.00. The van der Waals surface area contributed by atoms with Crippen LogP contribution in [0.25, 0.3) is 11.0 Å². The number of hydrogen-bond acceptors (Lipinski definition) is 6. The van der Waals surface area contributed by atoms with Gasteiger partial charge in [-0.25, -0.2) is 9.97 Å². The molecular weight excluding hydrogens is 332 g/mol. The van der Waals surface area contributed by atoms with Gasteiger partial charge in [-0.15, -0.1) is 0 Å². The summed E-state index contributed by atoms with van der Waals surface area (Å²) in [4.78, 5) is 39.6. The van der Waals surface area contributed by atoms with Gasteiger partial charge in [0.25, 0.3) is 0 Å². The molecule has 0 aromatic carbocycles. The number of H-pyrrole nitrogens is 1. The van der Waals surface area contributed by atoms with Gasteiger partial charge >= 0.3 is 0 Å². The van der Waals surface area contributed by atoms with Crippen LogP contribution in [0.5, 0.6) is 0 Å². The molecule has 0 bridgehead atoms. The fourth-order valence-electron chi connectivity index (χ4n) is 3.51. The molecule has 2 unspecified atom stereocenters. The summed E-state index contributed by atoms with van der Waals surface area (Å²) >= 11 is 0. The minimum absolute atomic E-state index is 0.0615.